The smallest absolute Gasteiger partial charge is 0.321 e. The number of halogens is 2. The summed E-state index contributed by atoms with van der Waals surface area (Å²) in [5.74, 6) is -0.432. The van der Waals surface area contributed by atoms with Crippen molar-refractivity contribution in [3.63, 3.8) is 0 Å². The first-order chi connectivity index (χ1) is 19.2. The number of nitrogens with zero attached hydrogens (tertiary/aromatic N) is 1. The molecule has 0 bridgehead atoms. The van der Waals surface area contributed by atoms with Crippen LogP contribution in [0.15, 0.2) is 78.9 Å². The number of hydrogen-bond acceptors (Lipinski definition) is 6. The second-order valence-corrected chi connectivity index (χ2v) is 13.2. The Morgan fingerprint density at radius 1 is 1.00 bits per heavy atom. The molecule has 3 aromatic rings. The maximum atomic E-state index is 14.0. The highest BCUT2D eigenvalue weighted by molar-refractivity contribution is 7.90. The Morgan fingerprint density at radius 3 is 2.34 bits per heavy atom. The Labute approximate surface area is 253 Å². The van der Waals surface area contributed by atoms with Gasteiger partial charge in [-0.25, -0.2) is 0 Å². The Morgan fingerprint density at radius 2 is 1.66 bits per heavy atom. The van der Waals surface area contributed by atoms with Crippen LogP contribution >= 0.6 is 24.0 Å². The van der Waals surface area contributed by atoms with Crippen molar-refractivity contribution in [1.82, 2.24) is 20.1 Å². The van der Waals surface area contributed by atoms with Gasteiger partial charge in [0.15, 0.2) is 5.69 Å². The summed E-state index contributed by atoms with van der Waals surface area (Å²) >= 11 is 6.00. The Kier molecular flexibility index (Phi) is 10.1. The van der Waals surface area contributed by atoms with Crippen molar-refractivity contribution < 1.29 is 17.9 Å². The molecule has 2 heterocycles. The second-order valence-electron chi connectivity index (χ2n) is 10.7. The summed E-state index contributed by atoms with van der Waals surface area (Å²) in [5.41, 5.74) is 6.18. The van der Waals surface area contributed by atoms with Gasteiger partial charge in [0.05, 0.1) is 24.9 Å². The van der Waals surface area contributed by atoms with E-state index < -0.39 is 26.0 Å². The molecule has 3 N–H and O–H groups in total. The van der Waals surface area contributed by atoms with Crippen LogP contribution in [0.4, 0.5) is 5.69 Å². The van der Waals surface area contributed by atoms with Crippen molar-refractivity contribution in [3.8, 4) is 0 Å². The van der Waals surface area contributed by atoms with Gasteiger partial charge in [-0.2, -0.15) is 13.8 Å². The van der Waals surface area contributed by atoms with E-state index in [2.05, 4.69) is 16.1 Å². The van der Waals surface area contributed by atoms with Gasteiger partial charge in [0.25, 0.3) is 5.91 Å². The van der Waals surface area contributed by atoms with Gasteiger partial charge in [0, 0.05) is 23.2 Å². The lowest BCUT2D eigenvalue weighted by Gasteiger charge is -2.36. The van der Waals surface area contributed by atoms with Crippen LogP contribution in [0.2, 0.25) is 5.02 Å². The van der Waals surface area contributed by atoms with E-state index >= 15 is 0 Å². The minimum absolute atomic E-state index is 0. The van der Waals surface area contributed by atoms with Gasteiger partial charge >= 0.3 is 10.0 Å². The lowest BCUT2D eigenvalue weighted by Crippen LogP contribution is -2.68. The standard InChI is InChI=1S/C30H35ClN4O4S.ClH/c1-40(37,38)35(22-30(15-17-32-18-16-30)26-9-5-6-10-28(26)35)34-29(36)27(33-19-23-7-3-2-4-8-23)21-39-20-24-11-13-25(31)14-12-24;/h2-14,27,32-33H,15-22H2,1H3;1H/p+1. The molecule has 220 valence electrons. The summed E-state index contributed by atoms with van der Waals surface area (Å²) in [6.07, 6.45) is 2.80. The average molecular weight is 621 g/mol. The van der Waals surface area contributed by atoms with E-state index in [4.69, 9.17) is 16.3 Å². The SMILES string of the molecule is CS(=O)(=O)[N+]1(NC(=O)C(COCc2ccc(Cl)cc2)NCc2ccccc2)CC2(CCNCC2)c2ccccc21.Cl. The lowest BCUT2D eigenvalue weighted by molar-refractivity contribution is -0.127. The highest BCUT2D eigenvalue weighted by Crippen LogP contribution is 2.50. The number of rotatable bonds is 10. The molecule has 2 aliphatic rings. The fraction of sp³-hybridized carbons (Fsp3) is 0.367. The zero-order valence-electron chi connectivity index (χ0n) is 23.0. The van der Waals surface area contributed by atoms with E-state index in [-0.39, 0.29) is 31.0 Å². The molecular formula is C30H37Cl2N4O4S+. The number of para-hydroxylation sites is 1. The van der Waals surface area contributed by atoms with Gasteiger partial charge in [-0.3, -0.25) is 10.1 Å². The molecule has 1 spiro atoms. The molecule has 0 aromatic heterocycles. The van der Waals surface area contributed by atoms with E-state index in [1.165, 1.54) is 6.26 Å². The molecule has 11 heteroatoms. The largest absolute Gasteiger partial charge is 0.375 e. The minimum atomic E-state index is -3.81. The number of nitrogens with one attached hydrogen (secondary N) is 3. The summed E-state index contributed by atoms with van der Waals surface area (Å²) in [7, 11) is -3.81. The number of ether oxygens (including phenoxy) is 1. The number of amides is 1. The molecule has 0 aliphatic carbocycles. The van der Waals surface area contributed by atoms with Gasteiger partial charge in [0.2, 0.25) is 0 Å². The predicted octanol–water partition coefficient (Wildman–Crippen LogP) is 4.07. The molecule has 8 nitrogen and oxygen atoms in total. The first kappa shape index (κ1) is 31.4. The molecule has 1 fully saturated rings. The number of fused-ring (bicyclic) bond motifs is 2. The molecule has 0 saturated carbocycles. The van der Waals surface area contributed by atoms with E-state index in [1.54, 1.807) is 12.1 Å². The number of carbonyl (C=O) groups excluding carboxylic acids is 1. The van der Waals surface area contributed by atoms with Crippen LogP contribution < -0.4 is 20.1 Å². The monoisotopic (exact) mass is 619 g/mol. The van der Waals surface area contributed by atoms with Crippen molar-refractivity contribution in [1.29, 1.82) is 0 Å². The molecule has 0 radical (unpaired) electrons. The molecule has 5 rings (SSSR count). The fourth-order valence-corrected chi connectivity index (χ4v) is 7.22. The molecule has 2 atom stereocenters. The number of quaternary nitrogens is 1. The first-order valence-electron chi connectivity index (χ1n) is 13.5. The third kappa shape index (κ3) is 6.78. The maximum absolute atomic E-state index is 14.0. The Balaban J connectivity index is 0.00000387. The second kappa shape index (κ2) is 13.2. The highest BCUT2D eigenvalue weighted by Gasteiger charge is 2.60. The molecule has 2 unspecified atom stereocenters. The van der Waals surface area contributed by atoms with Crippen LogP contribution in [0.25, 0.3) is 0 Å². The lowest BCUT2D eigenvalue weighted by atomic mass is 9.75. The van der Waals surface area contributed by atoms with Crippen LogP contribution in [-0.2, 0) is 38.1 Å². The molecule has 1 amide bonds. The molecular weight excluding hydrogens is 583 g/mol. The van der Waals surface area contributed by atoms with Crippen molar-refractivity contribution in [2.24, 2.45) is 0 Å². The average Bonchev–Trinajstić information content (AvgIpc) is 3.22. The van der Waals surface area contributed by atoms with Crippen molar-refractivity contribution in [2.75, 3.05) is 32.5 Å². The number of benzene rings is 3. The predicted molar refractivity (Wildman–Crippen MR) is 165 cm³/mol. The number of carbonyl (C=O) groups is 1. The van der Waals surface area contributed by atoms with E-state index in [1.807, 2.05) is 66.7 Å². The van der Waals surface area contributed by atoms with Crippen LogP contribution in [0, 0.1) is 0 Å². The Bertz CT molecular complexity index is 1430. The third-order valence-corrected chi connectivity index (χ3v) is 9.79. The summed E-state index contributed by atoms with van der Waals surface area (Å²) in [6.45, 7) is 2.63. The number of piperidine rings is 1. The highest BCUT2D eigenvalue weighted by atomic mass is 35.5. The summed E-state index contributed by atoms with van der Waals surface area (Å²) in [5, 5.41) is 7.32. The van der Waals surface area contributed by atoms with Crippen LogP contribution in [0.5, 0.6) is 0 Å². The summed E-state index contributed by atoms with van der Waals surface area (Å²) in [6, 6.07) is 23.9. The number of hydrogen-bond donors (Lipinski definition) is 3. The number of sulfonamides is 1. The van der Waals surface area contributed by atoms with Gasteiger partial charge in [-0.05, 0) is 49.2 Å². The van der Waals surface area contributed by atoms with E-state index in [9.17, 15) is 13.2 Å². The topological polar surface area (TPSA) is 96.5 Å². The molecule has 3 aromatic carbocycles. The first-order valence-corrected chi connectivity index (χ1v) is 15.8. The third-order valence-electron chi connectivity index (χ3n) is 7.99. The zero-order valence-corrected chi connectivity index (χ0v) is 25.4. The van der Waals surface area contributed by atoms with E-state index in [0.717, 1.165) is 42.6 Å². The summed E-state index contributed by atoms with van der Waals surface area (Å²) in [4.78, 5) is 14.0. The van der Waals surface area contributed by atoms with Crippen molar-refractivity contribution in [3.05, 3.63) is 101 Å². The molecule has 1 saturated heterocycles. The van der Waals surface area contributed by atoms with Crippen molar-refractivity contribution in [2.45, 2.75) is 37.5 Å². The Hall–Kier alpha value is -2.50. The van der Waals surface area contributed by atoms with Crippen LogP contribution in [0.1, 0.15) is 29.5 Å². The van der Waals surface area contributed by atoms with Crippen LogP contribution in [0.3, 0.4) is 0 Å². The van der Waals surface area contributed by atoms with Crippen molar-refractivity contribution >= 4 is 45.6 Å². The van der Waals surface area contributed by atoms with Gasteiger partial charge in [-0.15, -0.1) is 12.4 Å². The van der Waals surface area contributed by atoms with Crippen LogP contribution in [-0.4, -0.2) is 52.9 Å². The quantitative estimate of drug-likeness (QED) is 0.296. The van der Waals surface area contributed by atoms with Gasteiger partial charge in [-0.1, -0.05) is 76.3 Å². The summed E-state index contributed by atoms with van der Waals surface area (Å²) < 4.78 is 32.5. The minimum Gasteiger partial charge on any atom is -0.375 e. The van der Waals surface area contributed by atoms with E-state index in [0.29, 0.717) is 23.9 Å². The zero-order chi connectivity index (χ0) is 28.2. The maximum Gasteiger partial charge on any atom is 0.321 e. The molecule has 41 heavy (non-hydrogen) atoms. The van der Waals surface area contributed by atoms with Gasteiger partial charge < -0.3 is 10.1 Å². The normalized spacial score (nSPS) is 20.1. The molecule has 2 aliphatic heterocycles. The fourth-order valence-electron chi connectivity index (χ4n) is 5.84. The van der Waals surface area contributed by atoms with Gasteiger partial charge in [0.1, 0.15) is 12.6 Å².